The highest BCUT2D eigenvalue weighted by Crippen LogP contribution is 2.20. The van der Waals surface area contributed by atoms with Crippen molar-refractivity contribution in [3.63, 3.8) is 0 Å². The van der Waals surface area contributed by atoms with Crippen LogP contribution in [0.2, 0.25) is 0 Å². The number of rotatable bonds is 3. The Morgan fingerprint density at radius 2 is 2.11 bits per heavy atom. The largest absolute Gasteiger partial charge is 0.365 e. The summed E-state index contributed by atoms with van der Waals surface area (Å²) in [4.78, 5) is 18.5. The van der Waals surface area contributed by atoms with Crippen LogP contribution in [0, 0.1) is 11.6 Å². The highest BCUT2D eigenvalue weighted by molar-refractivity contribution is 5.98. The Kier molecular flexibility index (Phi) is 3.13. The number of nitrogens with one attached hydrogen (secondary N) is 1. The number of halogens is 2. The second-order valence-electron chi connectivity index (χ2n) is 3.40. The van der Waals surface area contributed by atoms with Crippen LogP contribution in [0.3, 0.4) is 0 Å². The Hall–Kier alpha value is -2.57. The summed E-state index contributed by atoms with van der Waals surface area (Å²) in [7, 11) is 0. The SMILES string of the molecule is NC(=O)c1c(F)ccnc1Nc1cncc(F)c1. The molecule has 0 unspecified atom stereocenters. The van der Waals surface area contributed by atoms with Crippen LogP contribution in [-0.2, 0) is 0 Å². The van der Waals surface area contributed by atoms with Crippen LogP contribution in [0.4, 0.5) is 20.3 Å². The average Bonchev–Trinajstić information content (AvgIpc) is 2.28. The molecule has 18 heavy (non-hydrogen) atoms. The van der Waals surface area contributed by atoms with E-state index in [2.05, 4.69) is 15.3 Å². The number of aromatic nitrogens is 2. The van der Waals surface area contributed by atoms with Gasteiger partial charge >= 0.3 is 0 Å². The highest BCUT2D eigenvalue weighted by atomic mass is 19.1. The molecule has 2 heterocycles. The molecule has 0 bridgehead atoms. The molecule has 2 aromatic rings. The van der Waals surface area contributed by atoms with Gasteiger partial charge in [0.05, 0.1) is 18.1 Å². The normalized spacial score (nSPS) is 10.1. The third kappa shape index (κ3) is 2.40. The van der Waals surface area contributed by atoms with Crippen molar-refractivity contribution >= 4 is 17.4 Å². The number of anilines is 2. The molecule has 2 aromatic heterocycles. The summed E-state index contributed by atoms with van der Waals surface area (Å²) in [5.74, 6) is -2.43. The molecule has 0 aliphatic rings. The first-order valence-corrected chi connectivity index (χ1v) is 4.90. The van der Waals surface area contributed by atoms with E-state index in [-0.39, 0.29) is 17.1 Å². The predicted molar refractivity (Wildman–Crippen MR) is 60.2 cm³/mol. The highest BCUT2D eigenvalue weighted by Gasteiger charge is 2.15. The average molecular weight is 250 g/mol. The Morgan fingerprint density at radius 1 is 1.33 bits per heavy atom. The molecule has 3 N–H and O–H groups in total. The third-order valence-electron chi connectivity index (χ3n) is 2.11. The van der Waals surface area contributed by atoms with Gasteiger partial charge in [-0.2, -0.15) is 0 Å². The van der Waals surface area contributed by atoms with Crippen molar-refractivity contribution in [2.45, 2.75) is 0 Å². The molecule has 0 saturated heterocycles. The molecular formula is C11H8F2N4O. The number of pyridine rings is 2. The Labute approximate surface area is 101 Å². The first kappa shape index (κ1) is 11.9. The van der Waals surface area contributed by atoms with Crippen molar-refractivity contribution < 1.29 is 13.6 Å². The van der Waals surface area contributed by atoms with Crippen molar-refractivity contribution in [3.8, 4) is 0 Å². The van der Waals surface area contributed by atoms with Crippen LogP contribution in [0.5, 0.6) is 0 Å². The van der Waals surface area contributed by atoms with E-state index >= 15 is 0 Å². The summed E-state index contributed by atoms with van der Waals surface area (Å²) in [6.45, 7) is 0. The first-order valence-electron chi connectivity index (χ1n) is 4.90. The fourth-order valence-corrected chi connectivity index (χ4v) is 1.38. The molecule has 92 valence electrons. The minimum Gasteiger partial charge on any atom is -0.365 e. The molecule has 0 spiro atoms. The predicted octanol–water partition coefficient (Wildman–Crippen LogP) is 1.60. The number of nitrogens with zero attached hydrogens (tertiary/aromatic N) is 2. The number of hydrogen-bond donors (Lipinski definition) is 2. The fourth-order valence-electron chi connectivity index (χ4n) is 1.38. The van der Waals surface area contributed by atoms with Gasteiger partial charge in [-0.3, -0.25) is 9.78 Å². The van der Waals surface area contributed by atoms with Crippen molar-refractivity contribution in [2.24, 2.45) is 5.73 Å². The monoisotopic (exact) mass is 250 g/mol. The summed E-state index contributed by atoms with van der Waals surface area (Å²) in [6.07, 6.45) is 3.48. The van der Waals surface area contributed by atoms with Gasteiger partial charge in [0.25, 0.3) is 5.91 Å². The number of hydrogen-bond acceptors (Lipinski definition) is 4. The van der Waals surface area contributed by atoms with E-state index in [4.69, 9.17) is 5.73 Å². The van der Waals surface area contributed by atoms with E-state index in [9.17, 15) is 13.6 Å². The Bertz CT molecular complexity index is 603. The molecule has 2 rings (SSSR count). The number of carbonyl (C=O) groups is 1. The van der Waals surface area contributed by atoms with Gasteiger partial charge in [-0.15, -0.1) is 0 Å². The van der Waals surface area contributed by atoms with E-state index in [1.54, 1.807) is 0 Å². The maximum absolute atomic E-state index is 13.4. The van der Waals surface area contributed by atoms with Crippen molar-refractivity contribution in [1.29, 1.82) is 0 Å². The molecule has 5 nitrogen and oxygen atoms in total. The van der Waals surface area contributed by atoms with Crippen LogP contribution < -0.4 is 11.1 Å². The lowest BCUT2D eigenvalue weighted by atomic mass is 10.2. The second-order valence-corrected chi connectivity index (χ2v) is 3.40. The lowest BCUT2D eigenvalue weighted by Crippen LogP contribution is -2.16. The van der Waals surface area contributed by atoms with E-state index in [1.165, 1.54) is 6.20 Å². The summed E-state index contributed by atoms with van der Waals surface area (Å²) in [5.41, 5.74) is 4.90. The first-order chi connectivity index (χ1) is 8.58. The topological polar surface area (TPSA) is 80.9 Å². The van der Waals surface area contributed by atoms with Gasteiger partial charge in [0, 0.05) is 12.3 Å². The summed E-state index contributed by atoms with van der Waals surface area (Å²) < 4.78 is 26.3. The lowest BCUT2D eigenvalue weighted by molar-refractivity contribution is 0.0997. The quantitative estimate of drug-likeness (QED) is 0.866. The van der Waals surface area contributed by atoms with Gasteiger partial charge in [0.2, 0.25) is 0 Å². The van der Waals surface area contributed by atoms with Gasteiger partial charge in [0.15, 0.2) is 0 Å². The Balaban J connectivity index is 2.40. The van der Waals surface area contributed by atoms with Gasteiger partial charge in [-0.1, -0.05) is 0 Å². The minimum atomic E-state index is -0.965. The van der Waals surface area contributed by atoms with Gasteiger partial charge in [-0.25, -0.2) is 13.8 Å². The van der Waals surface area contributed by atoms with Gasteiger partial charge < -0.3 is 11.1 Å². The standard InChI is InChI=1S/C11H8F2N4O/c12-6-3-7(5-15-4-6)17-11-9(10(14)18)8(13)1-2-16-11/h1-5H,(H2,14,18)(H,16,17). The van der Waals surface area contributed by atoms with Crippen molar-refractivity contribution in [2.75, 3.05) is 5.32 Å². The fraction of sp³-hybridized carbons (Fsp3) is 0. The van der Waals surface area contributed by atoms with Crippen LogP contribution >= 0.6 is 0 Å². The van der Waals surface area contributed by atoms with E-state index in [0.717, 1.165) is 24.5 Å². The smallest absolute Gasteiger partial charge is 0.255 e. The second kappa shape index (κ2) is 4.74. The van der Waals surface area contributed by atoms with Crippen molar-refractivity contribution in [1.82, 2.24) is 9.97 Å². The van der Waals surface area contributed by atoms with Gasteiger partial charge in [0.1, 0.15) is 23.0 Å². The van der Waals surface area contributed by atoms with Crippen LogP contribution in [0.1, 0.15) is 10.4 Å². The molecule has 0 fully saturated rings. The number of primary amides is 1. The molecule has 0 saturated carbocycles. The number of nitrogens with two attached hydrogens (primary N) is 1. The summed E-state index contributed by atoms with van der Waals surface area (Å²) >= 11 is 0. The molecule has 0 aliphatic carbocycles. The van der Waals surface area contributed by atoms with Crippen molar-refractivity contribution in [3.05, 3.63) is 47.9 Å². The Morgan fingerprint density at radius 3 is 2.78 bits per heavy atom. The molecule has 7 heteroatoms. The van der Waals surface area contributed by atoms with E-state index in [1.807, 2.05) is 0 Å². The third-order valence-corrected chi connectivity index (χ3v) is 2.11. The molecule has 0 radical (unpaired) electrons. The minimum absolute atomic E-state index is 0.0881. The van der Waals surface area contributed by atoms with Gasteiger partial charge in [-0.05, 0) is 6.07 Å². The molecule has 0 aromatic carbocycles. The summed E-state index contributed by atoms with van der Waals surface area (Å²) in [5, 5.41) is 2.58. The van der Waals surface area contributed by atoms with Crippen LogP contribution in [0.25, 0.3) is 0 Å². The molecule has 0 aliphatic heterocycles. The van der Waals surface area contributed by atoms with Crippen LogP contribution in [-0.4, -0.2) is 15.9 Å². The van der Waals surface area contributed by atoms with E-state index in [0.29, 0.717) is 0 Å². The molecule has 0 atom stereocenters. The number of carbonyl (C=O) groups excluding carboxylic acids is 1. The number of amides is 1. The van der Waals surface area contributed by atoms with E-state index < -0.39 is 17.5 Å². The zero-order valence-electron chi connectivity index (χ0n) is 9.02. The lowest BCUT2D eigenvalue weighted by Gasteiger charge is -2.08. The maximum Gasteiger partial charge on any atom is 0.255 e. The zero-order valence-corrected chi connectivity index (χ0v) is 9.02. The molecular weight excluding hydrogens is 242 g/mol. The summed E-state index contributed by atoms with van der Waals surface area (Å²) in [6, 6.07) is 2.14. The zero-order chi connectivity index (χ0) is 13.1. The van der Waals surface area contributed by atoms with Crippen LogP contribution in [0.15, 0.2) is 30.7 Å². The maximum atomic E-state index is 13.4. The molecule has 1 amide bonds.